The molecule has 0 bridgehead atoms. The molecule has 11 heteroatoms. The van der Waals surface area contributed by atoms with Gasteiger partial charge in [0, 0.05) is 20.1 Å². The first-order chi connectivity index (χ1) is 14.9. The van der Waals surface area contributed by atoms with E-state index in [-0.39, 0.29) is 27.7 Å². The van der Waals surface area contributed by atoms with E-state index in [1.54, 1.807) is 11.1 Å². The van der Waals surface area contributed by atoms with Crippen molar-refractivity contribution >= 4 is 57.6 Å². The molecule has 0 spiro atoms. The lowest BCUT2D eigenvalue weighted by Crippen LogP contribution is -2.37. The van der Waals surface area contributed by atoms with Crippen LogP contribution < -0.4 is 10.2 Å². The van der Waals surface area contributed by atoms with Crippen LogP contribution in [0, 0.1) is 5.82 Å². The number of likely N-dealkylation sites (tertiary alicyclic amines) is 1. The Hall–Kier alpha value is -3.04. The van der Waals surface area contributed by atoms with Gasteiger partial charge in [0.25, 0.3) is 0 Å². The van der Waals surface area contributed by atoms with Gasteiger partial charge in [-0.05, 0) is 24.6 Å². The van der Waals surface area contributed by atoms with Gasteiger partial charge in [-0.15, -0.1) is 0 Å². The Morgan fingerprint density at radius 3 is 2.94 bits per heavy atom. The quantitative estimate of drug-likeness (QED) is 0.456. The van der Waals surface area contributed by atoms with Crippen LogP contribution in [0.3, 0.4) is 0 Å². The molecule has 31 heavy (non-hydrogen) atoms. The average molecular weight is 462 g/mol. The summed E-state index contributed by atoms with van der Waals surface area (Å²) in [6, 6.07) is 3.01. The third-order valence-electron chi connectivity index (χ3n) is 5.17. The fourth-order valence-electron chi connectivity index (χ4n) is 3.41. The monoisotopic (exact) mass is 461 g/mol. The molecule has 3 heterocycles. The van der Waals surface area contributed by atoms with E-state index in [4.69, 9.17) is 23.2 Å². The number of carbonyl (C=O) groups is 1. The van der Waals surface area contributed by atoms with Crippen LogP contribution in [0.4, 0.5) is 21.8 Å². The normalized spacial score (nSPS) is 15.9. The predicted molar refractivity (Wildman–Crippen MR) is 118 cm³/mol. The molecule has 1 atom stereocenters. The molecule has 1 aliphatic rings. The van der Waals surface area contributed by atoms with Crippen LogP contribution in [-0.4, -0.2) is 56.9 Å². The molecular formula is C20H18Cl2FN7O. The molecule has 1 amide bonds. The summed E-state index contributed by atoms with van der Waals surface area (Å²) in [6.45, 7) is 4.72. The molecule has 1 saturated heterocycles. The minimum Gasteiger partial charge on any atom is -0.339 e. The van der Waals surface area contributed by atoms with Gasteiger partial charge in [-0.3, -0.25) is 4.79 Å². The fraction of sp³-hybridized carbons (Fsp3) is 0.250. The number of halogens is 3. The number of likely N-dealkylation sites (N-methyl/N-ethyl adjacent to an activating group) is 1. The molecular weight excluding hydrogens is 444 g/mol. The maximum atomic E-state index is 14.5. The van der Waals surface area contributed by atoms with E-state index in [0.29, 0.717) is 35.9 Å². The van der Waals surface area contributed by atoms with Gasteiger partial charge in [0.2, 0.25) is 11.9 Å². The maximum absolute atomic E-state index is 14.5. The number of fused-ring (bicyclic) bond motifs is 1. The van der Waals surface area contributed by atoms with Crippen LogP contribution in [0.2, 0.25) is 10.0 Å². The zero-order chi connectivity index (χ0) is 22.1. The van der Waals surface area contributed by atoms with Crippen LogP contribution in [0.25, 0.3) is 11.0 Å². The number of benzene rings is 1. The van der Waals surface area contributed by atoms with E-state index in [9.17, 15) is 9.18 Å². The number of aromatic nitrogens is 4. The highest BCUT2D eigenvalue weighted by Crippen LogP contribution is 2.32. The highest BCUT2D eigenvalue weighted by molar-refractivity contribution is 6.42. The molecule has 0 radical (unpaired) electrons. The number of anilines is 3. The lowest BCUT2D eigenvalue weighted by Gasteiger charge is -2.24. The second-order valence-electron chi connectivity index (χ2n) is 7.02. The summed E-state index contributed by atoms with van der Waals surface area (Å²) in [6.07, 6.45) is 5.01. The first kappa shape index (κ1) is 21.2. The highest BCUT2D eigenvalue weighted by atomic mass is 35.5. The summed E-state index contributed by atoms with van der Waals surface area (Å²) in [5, 5.41) is 2.84. The summed E-state index contributed by atoms with van der Waals surface area (Å²) in [4.78, 5) is 32.9. The lowest BCUT2D eigenvalue weighted by molar-refractivity contribution is -0.125. The zero-order valence-electron chi connectivity index (χ0n) is 16.5. The Morgan fingerprint density at radius 2 is 2.16 bits per heavy atom. The molecule has 1 N–H and O–H groups in total. The van der Waals surface area contributed by atoms with Gasteiger partial charge in [0.05, 0.1) is 28.0 Å². The topological polar surface area (TPSA) is 87.1 Å². The number of rotatable bonds is 5. The van der Waals surface area contributed by atoms with Crippen molar-refractivity contribution in [3.63, 3.8) is 0 Å². The fourth-order valence-corrected chi connectivity index (χ4v) is 3.72. The van der Waals surface area contributed by atoms with Gasteiger partial charge in [0.15, 0.2) is 11.6 Å². The molecule has 1 unspecified atom stereocenters. The molecule has 3 aromatic rings. The van der Waals surface area contributed by atoms with Gasteiger partial charge >= 0.3 is 0 Å². The average Bonchev–Trinajstić information content (AvgIpc) is 3.28. The van der Waals surface area contributed by atoms with Crippen LogP contribution >= 0.6 is 23.2 Å². The van der Waals surface area contributed by atoms with Gasteiger partial charge in [-0.1, -0.05) is 29.8 Å². The molecule has 0 aliphatic carbocycles. The maximum Gasteiger partial charge on any atom is 0.246 e. The third kappa shape index (κ3) is 4.11. The smallest absolute Gasteiger partial charge is 0.246 e. The van der Waals surface area contributed by atoms with Crippen molar-refractivity contribution < 1.29 is 9.18 Å². The van der Waals surface area contributed by atoms with Gasteiger partial charge in [-0.2, -0.15) is 0 Å². The van der Waals surface area contributed by atoms with E-state index in [1.807, 2.05) is 11.9 Å². The van der Waals surface area contributed by atoms with E-state index in [2.05, 4.69) is 31.8 Å². The highest BCUT2D eigenvalue weighted by Gasteiger charge is 2.29. The standard InChI is InChI=1S/C20H18Cl2FN7O/c1-3-15(31)30-7-6-11(9-30)29(2)20-24-8-14-18(28-20)19(26-10-25-14)27-13-5-4-12(21)16(22)17(13)23/h3-5,8,10-11H,1,6-7,9H2,2H3,(H,25,26,27). The number of nitrogens with zero attached hydrogens (tertiary/aromatic N) is 6. The molecule has 1 aliphatic heterocycles. The summed E-state index contributed by atoms with van der Waals surface area (Å²) >= 11 is 11.8. The van der Waals surface area contributed by atoms with Crippen molar-refractivity contribution in [2.24, 2.45) is 0 Å². The lowest BCUT2D eigenvalue weighted by atomic mass is 10.2. The molecule has 4 rings (SSSR count). The Bertz CT molecular complexity index is 1180. The van der Waals surface area contributed by atoms with Crippen molar-refractivity contribution in [2.45, 2.75) is 12.5 Å². The number of amides is 1. The zero-order valence-corrected chi connectivity index (χ0v) is 18.0. The summed E-state index contributed by atoms with van der Waals surface area (Å²) in [5.74, 6) is -0.0452. The molecule has 0 saturated carbocycles. The largest absolute Gasteiger partial charge is 0.339 e. The van der Waals surface area contributed by atoms with Crippen LogP contribution in [-0.2, 0) is 4.79 Å². The molecule has 1 fully saturated rings. The number of nitrogens with one attached hydrogen (secondary N) is 1. The summed E-state index contributed by atoms with van der Waals surface area (Å²) < 4.78 is 14.5. The van der Waals surface area contributed by atoms with Crippen LogP contribution in [0.15, 0.2) is 37.3 Å². The number of hydrogen-bond donors (Lipinski definition) is 1. The van der Waals surface area contributed by atoms with Crippen LogP contribution in [0.1, 0.15) is 6.42 Å². The van der Waals surface area contributed by atoms with E-state index >= 15 is 0 Å². The Morgan fingerprint density at radius 1 is 1.35 bits per heavy atom. The van der Waals surface area contributed by atoms with Gasteiger partial charge < -0.3 is 15.1 Å². The van der Waals surface area contributed by atoms with E-state index in [0.717, 1.165) is 6.42 Å². The number of hydrogen-bond acceptors (Lipinski definition) is 7. The molecule has 8 nitrogen and oxygen atoms in total. The minimum atomic E-state index is -0.690. The van der Waals surface area contributed by atoms with Crippen LogP contribution in [0.5, 0.6) is 0 Å². The van der Waals surface area contributed by atoms with Crippen molar-refractivity contribution in [3.8, 4) is 0 Å². The third-order valence-corrected chi connectivity index (χ3v) is 5.95. The second-order valence-corrected chi connectivity index (χ2v) is 7.80. The van der Waals surface area contributed by atoms with E-state index < -0.39 is 5.82 Å². The molecule has 2 aromatic heterocycles. The Kier molecular flexibility index (Phi) is 5.88. The van der Waals surface area contributed by atoms with Gasteiger partial charge in [-0.25, -0.2) is 24.3 Å². The molecule has 160 valence electrons. The predicted octanol–water partition coefficient (Wildman–Crippen LogP) is 3.83. The Balaban J connectivity index is 1.64. The number of carbonyl (C=O) groups excluding carboxylic acids is 1. The van der Waals surface area contributed by atoms with E-state index in [1.165, 1.54) is 24.5 Å². The SMILES string of the molecule is C=CC(=O)N1CCC(N(C)c2ncc3ncnc(Nc4ccc(Cl)c(Cl)c4F)c3n2)C1. The van der Waals surface area contributed by atoms with Crippen molar-refractivity contribution in [1.82, 2.24) is 24.8 Å². The first-order valence-corrected chi connectivity index (χ1v) is 10.2. The second kappa shape index (κ2) is 8.60. The van der Waals surface area contributed by atoms with Gasteiger partial charge in [0.1, 0.15) is 17.4 Å². The Labute approximate surface area is 187 Å². The van der Waals surface area contributed by atoms with Crippen molar-refractivity contribution in [2.75, 3.05) is 30.4 Å². The first-order valence-electron chi connectivity index (χ1n) is 9.41. The minimum absolute atomic E-state index is 0.0508. The summed E-state index contributed by atoms with van der Waals surface area (Å²) in [7, 11) is 1.86. The molecule has 1 aromatic carbocycles. The van der Waals surface area contributed by atoms with Crippen molar-refractivity contribution in [3.05, 3.63) is 53.2 Å². The van der Waals surface area contributed by atoms with Crippen molar-refractivity contribution in [1.29, 1.82) is 0 Å². The summed E-state index contributed by atoms with van der Waals surface area (Å²) in [5.41, 5.74) is 1.02.